The van der Waals surface area contributed by atoms with Crippen molar-refractivity contribution in [1.29, 1.82) is 0 Å². The first-order valence-corrected chi connectivity index (χ1v) is 12.9. The Morgan fingerprint density at radius 3 is 2.14 bits per heavy atom. The number of piperidine rings is 1. The molecule has 0 saturated carbocycles. The molecule has 1 aliphatic carbocycles. The largest absolute Gasteiger partial charge is 0.372 e. The summed E-state index contributed by atoms with van der Waals surface area (Å²) < 4.78 is 1.81. The van der Waals surface area contributed by atoms with Gasteiger partial charge in [-0.15, -0.1) is 0 Å². The maximum absolute atomic E-state index is 13.4. The first-order chi connectivity index (χ1) is 18.3. The topological polar surface area (TPSA) is 63.1 Å². The van der Waals surface area contributed by atoms with E-state index in [1.807, 2.05) is 28.8 Å². The van der Waals surface area contributed by atoms with Gasteiger partial charge in [-0.3, -0.25) is 9.36 Å². The van der Waals surface area contributed by atoms with E-state index >= 15 is 0 Å². The van der Waals surface area contributed by atoms with Crippen LogP contribution in [0.25, 0.3) is 22.2 Å². The molecule has 3 heterocycles. The molecule has 0 radical (unpaired) electrons. The zero-order valence-electron chi connectivity index (χ0n) is 20.5. The molecule has 2 aromatic heterocycles. The predicted octanol–water partition coefficient (Wildman–Crippen LogP) is 6.14. The number of hydrogen-bond acceptors (Lipinski definition) is 5. The van der Waals surface area contributed by atoms with Gasteiger partial charge in [0.1, 0.15) is 5.65 Å². The van der Waals surface area contributed by atoms with Crippen molar-refractivity contribution in [2.24, 2.45) is 0 Å². The number of fused-ring (bicyclic) bond motifs is 4. The van der Waals surface area contributed by atoms with Crippen molar-refractivity contribution in [2.75, 3.05) is 23.3 Å². The summed E-state index contributed by atoms with van der Waals surface area (Å²) in [6.45, 7) is 2.23. The number of hydrogen-bond donors (Lipinski definition) is 1. The molecule has 37 heavy (non-hydrogen) atoms. The highest BCUT2D eigenvalue weighted by Gasteiger charge is 2.31. The van der Waals surface area contributed by atoms with Gasteiger partial charge in [0, 0.05) is 42.1 Å². The Morgan fingerprint density at radius 2 is 1.43 bits per heavy atom. The Kier molecular flexibility index (Phi) is 5.24. The van der Waals surface area contributed by atoms with Crippen LogP contribution in [0.2, 0.25) is 0 Å². The molecule has 5 aromatic rings. The second-order valence-electron chi connectivity index (χ2n) is 9.81. The van der Waals surface area contributed by atoms with Crippen LogP contribution in [0, 0.1) is 0 Å². The average Bonchev–Trinajstić information content (AvgIpc) is 3.28. The second-order valence-corrected chi connectivity index (χ2v) is 9.81. The highest BCUT2D eigenvalue weighted by molar-refractivity contribution is 5.81. The number of benzene rings is 3. The van der Waals surface area contributed by atoms with Crippen molar-refractivity contribution in [3.8, 4) is 11.1 Å². The van der Waals surface area contributed by atoms with Gasteiger partial charge >= 0.3 is 0 Å². The van der Waals surface area contributed by atoms with E-state index in [-0.39, 0.29) is 11.6 Å². The minimum absolute atomic E-state index is 0.0838. The molecule has 0 unspecified atom stereocenters. The Bertz CT molecular complexity index is 1620. The number of aromatic nitrogens is 3. The minimum atomic E-state index is -0.241. The van der Waals surface area contributed by atoms with Gasteiger partial charge in [-0.25, -0.2) is 4.98 Å². The van der Waals surface area contributed by atoms with Crippen LogP contribution in [-0.4, -0.2) is 27.6 Å². The summed E-state index contributed by atoms with van der Waals surface area (Å²) in [7, 11) is 0. The zero-order valence-corrected chi connectivity index (χ0v) is 20.5. The van der Waals surface area contributed by atoms with E-state index in [4.69, 9.17) is 4.98 Å². The lowest BCUT2D eigenvalue weighted by Gasteiger charge is -2.28. The third-order valence-electron chi connectivity index (χ3n) is 7.57. The van der Waals surface area contributed by atoms with Crippen LogP contribution in [0.4, 0.5) is 17.3 Å². The maximum Gasteiger partial charge on any atom is 0.253 e. The fourth-order valence-electron chi connectivity index (χ4n) is 5.79. The highest BCUT2D eigenvalue weighted by atomic mass is 16.1. The molecule has 2 aliphatic rings. The number of nitrogens with zero attached hydrogens (tertiary/aromatic N) is 4. The summed E-state index contributed by atoms with van der Waals surface area (Å²) in [6, 6.07) is 28.2. The molecule has 0 spiro atoms. The Labute approximate surface area is 215 Å². The minimum Gasteiger partial charge on any atom is -0.372 e. The van der Waals surface area contributed by atoms with E-state index in [0.29, 0.717) is 11.6 Å². The summed E-state index contributed by atoms with van der Waals surface area (Å²) in [5.74, 6) is 0.470. The molecule has 3 aromatic carbocycles. The molecular weight excluding hydrogens is 458 g/mol. The van der Waals surface area contributed by atoms with E-state index in [1.165, 1.54) is 24.9 Å². The number of nitrogens with one attached hydrogen (secondary N) is 1. The highest BCUT2D eigenvalue weighted by Crippen LogP contribution is 2.45. The van der Waals surface area contributed by atoms with Gasteiger partial charge in [0.25, 0.3) is 5.56 Å². The molecule has 1 aliphatic heterocycles. The summed E-state index contributed by atoms with van der Waals surface area (Å²) in [4.78, 5) is 25.2. The number of anilines is 3. The normalized spacial score (nSPS) is 15.0. The molecule has 6 nitrogen and oxygen atoms in total. The molecule has 7 rings (SSSR count). The fourth-order valence-corrected chi connectivity index (χ4v) is 5.79. The van der Waals surface area contributed by atoms with Crippen LogP contribution in [0.15, 0.2) is 95.9 Å². The predicted molar refractivity (Wildman–Crippen MR) is 149 cm³/mol. The molecule has 1 N–H and O–H groups in total. The van der Waals surface area contributed by atoms with Crippen molar-refractivity contribution in [3.05, 3.63) is 113 Å². The van der Waals surface area contributed by atoms with Crippen molar-refractivity contribution in [3.63, 3.8) is 0 Å². The van der Waals surface area contributed by atoms with Crippen molar-refractivity contribution in [2.45, 2.75) is 25.3 Å². The Morgan fingerprint density at radius 1 is 0.757 bits per heavy atom. The van der Waals surface area contributed by atoms with E-state index < -0.39 is 0 Å². The van der Waals surface area contributed by atoms with Gasteiger partial charge in [0.2, 0.25) is 5.95 Å². The Hall–Kier alpha value is -4.45. The van der Waals surface area contributed by atoms with Gasteiger partial charge < -0.3 is 10.2 Å². The third-order valence-corrected chi connectivity index (χ3v) is 7.57. The quantitative estimate of drug-likeness (QED) is 0.325. The van der Waals surface area contributed by atoms with Crippen LogP contribution in [-0.2, 0) is 0 Å². The summed E-state index contributed by atoms with van der Waals surface area (Å²) in [5, 5.41) is 4.17. The third kappa shape index (κ3) is 3.76. The molecule has 0 atom stereocenters. The fraction of sp³-hybridized carbons (Fsp3) is 0.194. The number of rotatable bonds is 4. The molecule has 0 bridgehead atoms. The first kappa shape index (κ1) is 21.8. The lowest BCUT2D eigenvalue weighted by molar-refractivity contribution is 0.578. The van der Waals surface area contributed by atoms with Gasteiger partial charge in [0.15, 0.2) is 0 Å². The van der Waals surface area contributed by atoms with Crippen molar-refractivity contribution >= 4 is 28.4 Å². The lowest BCUT2D eigenvalue weighted by atomic mass is 10.0. The standard InChI is InChI=1S/C31H27N5O/c37-28-17-12-21-20-32-31(33-22-13-15-23(16-14-22)35-18-6-1-7-19-35)34-30(21)36(28)29-26-10-4-2-8-24(26)25-9-3-5-11-27(25)29/h2-5,8-17,20,29H,1,6-7,18-19H2,(H,32,33,34). The summed E-state index contributed by atoms with van der Waals surface area (Å²) >= 11 is 0. The van der Waals surface area contributed by atoms with Gasteiger partial charge in [0.05, 0.1) is 6.04 Å². The van der Waals surface area contributed by atoms with Crippen LogP contribution in [0.3, 0.4) is 0 Å². The smallest absolute Gasteiger partial charge is 0.253 e. The maximum atomic E-state index is 13.4. The monoisotopic (exact) mass is 485 g/mol. The van der Waals surface area contributed by atoms with Gasteiger partial charge in [-0.05, 0) is 71.8 Å². The van der Waals surface area contributed by atoms with Gasteiger partial charge in [-0.2, -0.15) is 4.98 Å². The molecular formula is C31H27N5O. The SMILES string of the molecule is O=c1ccc2cnc(Nc3ccc(N4CCCCC4)cc3)nc2n1C1c2ccccc2-c2ccccc21. The second kappa shape index (κ2) is 8.89. The molecule has 1 saturated heterocycles. The molecule has 6 heteroatoms. The molecule has 1 fully saturated rings. The van der Waals surface area contributed by atoms with Crippen LogP contribution < -0.4 is 15.8 Å². The zero-order chi connectivity index (χ0) is 24.8. The van der Waals surface area contributed by atoms with Crippen LogP contribution >= 0.6 is 0 Å². The summed E-state index contributed by atoms with van der Waals surface area (Å²) in [5.41, 5.74) is 7.24. The van der Waals surface area contributed by atoms with Gasteiger partial charge in [-0.1, -0.05) is 48.5 Å². The Balaban J connectivity index is 1.28. The van der Waals surface area contributed by atoms with Crippen LogP contribution in [0.1, 0.15) is 36.4 Å². The summed E-state index contributed by atoms with van der Waals surface area (Å²) in [6.07, 6.45) is 5.61. The lowest BCUT2D eigenvalue weighted by Crippen LogP contribution is -2.29. The van der Waals surface area contributed by atoms with Crippen LogP contribution in [0.5, 0.6) is 0 Å². The van der Waals surface area contributed by atoms with E-state index in [2.05, 4.69) is 63.7 Å². The van der Waals surface area contributed by atoms with E-state index in [1.54, 1.807) is 18.3 Å². The first-order valence-electron chi connectivity index (χ1n) is 12.9. The van der Waals surface area contributed by atoms with E-state index in [9.17, 15) is 4.79 Å². The number of pyridine rings is 1. The molecule has 182 valence electrons. The van der Waals surface area contributed by atoms with E-state index in [0.717, 1.165) is 46.4 Å². The molecule has 0 amide bonds. The van der Waals surface area contributed by atoms with Crippen molar-refractivity contribution < 1.29 is 0 Å². The average molecular weight is 486 g/mol. The van der Waals surface area contributed by atoms with Crippen molar-refractivity contribution in [1.82, 2.24) is 14.5 Å².